The number of rotatable bonds is 7. The van der Waals surface area contributed by atoms with Gasteiger partial charge in [-0.1, -0.05) is 91.0 Å². The van der Waals surface area contributed by atoms with Crippen LogP contribution >= 0.6 is 0 Å². The molecule has 1 aromatic heterocycles. The van der Waals surface area contributed by atoms with Crippen molar-refractivity contribution in [3.63, 3.8) is 0 Å². The summed E-state index contributed by atoms with van der Waals surface area (Å²) in [7, 11) is 0. The van der Waals surface area contributed by atoms with Gasteiger partial charge in [-0.15, -0.1) is 21.9 Å². The summed E-state index contributed by atoms with van der Waals surface area (Å²) in [4.78, 5) is 0. The van der Waals surface area contributed by atoms with Gasteiger partial charge in [0, 0.05) is 23.1 Å². The average Bonchev–Trinajstić information content (AvgIpc) is 3.57. The number of pyridine rings is 1. The van der Waals surface area contributed by atoms with Gasteiger partial charge in [0.1, 0.15) is 52.7 Å². The molecule has 0 spiro atoms. The highest BCUT2D eigenvalue weighted by Gasteiger charge is 2.52. The van der Waals surface area contributed by atoms with Crippen LogP contribution in [0.15, 0.2) is 121 Å². The SMILES string of the molecule is Fc1c(F)c(F)c([B-](c2c(F)c(F)c(F)c(F)c2F)(c2c(F)c(F)c(F)c(F)c2F)c2c(F)c(F)c(F)c(F)c2F)c(F)c1F.c1ccc(C[n+]2c(-c3c4ccccc4cc4ccccc34)ccc3ccccc32)cc1. The van der Waals surface area contributed by atoms with Gasteiger partial charge >= 0.3 is 0 Å². The lowest BCUT2D eigenvalue weighted by Gasteiger charge is -2.44. The molecular weight excluding hydrogens is 1050 g/mol. The summed E-state index contributed by atoms with van der Waals surface area (Å²) in [5.74, 6) is -71.4. The van der Waals surface area contributed by atoms with Gasteiger partial charge in [-0.2, -0.15) is 4.57 Å². The molecule has 76 heavy (non-hydrogen) atoms. The lowest BCUT2D eigenvalue weighted by molar-refractivity contribution is -0.651. The standard InChI is InChI=1S/C30H22N.C24BF20/c1-2-10-22(11-3-1)21-31-28-17-9-6-12-23(28)18-19-29(31)30-26-15-7-4-13-24(26)20-25-14-5-8-16-27(25)30;26-5-1(6(27)14(35)21(42)13(5)34)25(2-7(28)15(36)22(43)16(37)8(2)29,3-9(30)17(38)23(44)18(39)10(3)31)4-11(32)19(40)24(45)20(41)12(4)33/h1-20H,21H2;/q+1;-1. The molecule has 22 heteroatoms. The van der Waals surface area contributed by atoms with Crippen molar-refractivity contribution in [2.75, 3.05) is 0 Å². The Morgan fingerprint density at radius 1 is 0.276 bits per heavy atom. The van der Waals surface area contributed by atoms with E-state index in [1.54, 1.807) is 0 Å². The molecule has 0 saturated heterocycles. The fourth-order valence-electron chi connectivity index (χ4n) is 9.58. The number of nitrogens with zero attached hydrogens (tertiary/aromatic N) is 1. The number of benzene rings is 9. The van der Waals surface area contributed by atoms with Crippen molar-refractivity contribution in [1.29, 1.82) is 0 Å². The Labute approximate surface area is 413 Å². The van der Waals surface area contributed by atoms with Gasteiger partial charge < -0.3 is 0 Å². The summed E-state index contributed by atoms with van der Waals surface area (Å²) in [5.41, 5.74) is -9.23. The van der Waals surface area contributed by atoms with Crippen molar-refractivity contribution < 1.29 is 92.4 Å². The van der Waals surface area contributed by atoms with Crippen LogP contribution in [0.3, 0.4) is 0 Å². The van der Waals surface area contributed by atoms with Crippen molar-refractivity contribution in [3.05, 3.63) is 243 Å². The van der Waals surface area contributed by atoms with Crippen molar-refractivity contribution in [2.24, 2.45) is 0 Å². The first-order valence-corrected chi connectivity index (χ1v) is 21.7. The zero-order valence-corrected chi connectivity index (χ0v) is 37.3. The molecule has 9 aromatic carbocycles. The maximum Gasteiger partial charge on any atom is 0.214 e. The Bertz CT molecular complexity index is 3600. The van der Waals surface area contributed by atoms with Gasteiger partial charge in [0.25, 0.3) is 0 Å². The van der Waals surface area contributed by atoms with Gasteiger partial charge in [0.05, 0.1) is 5.56 Å². The zero-order valence-electron chi connectivity index (χ0n) is 37.3. The van der Waals surface area contributed by atoms with Crippen LogP contribution in [0.25, 0.3) is 43.7 Å². The number of halogens is 20. The van der Waals surface area contributed by atoms with E-state index in [0.29, 0.717) is 0 Å². The van der Waals surface area contributed by atoms with Gasteiger partial charge in [-0.05, 0) is 39.7 Å². The van der Waals surface area contributed by atoms with E-state index in [9.17, 15) is 52.7 Å². The minimum atomic E-state index is -7.22. The molecule has 1 nitrogen and oxygen atoms in total. The summed E-state index contributed by atoms with van der Waals surface area (Å²) >= 11 is 0. The maximum absolute atomic E-state index is 15.4. The van der Waals surface area contributed by atoms with Crippen LogP contribution in [0.1, 0.15) is 5.56 Å². The van der Waals surface area contributed by atoms with Gasteiger partial charge in [0.15, 0.2) is 76.4 Å². The summed E-state index contributed by atoms with van der Waals surface area (Å²) in [6.45, 7) is 0.828. The summed E-state index contributed by atoms with van der Waals surface area (Å²) in [6.07, 6.45) is -7.22. The van der Waals surface area contributed by atoms with E-state index in [2.05, 4.69) is 126 Å². The Kier molecular flexibility index (Phi) is 13.6. The lowest BCUT2D eigenvalue weighted by Crippen LogP contribution is -2.81. The first-order chi connectivity index (χ1) is 36.1. The molecule has 0 aliphatic carbocycles. The van der Waals surface area contributed by atoms with E-state index in [0.717, 1.165) is 6.54 Å². The van der Waals surface area contributed by atoms with E-state index >= 15 is 35.1 Å². The second kappa shape index (κ2) is 19.7. The minimum absolute atomic E-state index is 0.828. The largest absolute Gasteiger partial charge is 0.214 e. The molecule has 0 atom stereocenters. The van der Waals surface area contributed by atoms with E-state index in [4.69, 9.17) is 0 Å². The number of fused-ring (bicyclic) bond motifs is 3. The number of hydrogen-bond donors (Lipinski definition) is 0. The molecule has 0 bridgehead atoms. The molecule has 0 fully saturated rings. The zero-order chi connectivity index (χ0) is 55.0. The van der Waals surface area contributed by atoms with E-state index in [1.807, 2.05) is 0 Å². The number of para-hydroxylation sites is 1. The van der Waals surface area contributed by atoms with Crippen molar-refractivity contribution in [1.82, 2.24) is 0 Å². The van der Waals surface area contributed by atoms with Gasteiger partial charge in [-0.3, -0.25) is 0 Å². The molecule has 0 aliphatic rings. The quantitative estimate of drug-likeness (QED) is 0.0374. The van der Waals surface area contributed by atoms with Gasteiger partial charge in [0.2, 0.25) is 11.2 Å². The second-order valence-corrected chi connectivity index (χ2v) is 16.8. The number of hydrogen-bond acceptors (Lipinski definition) is 0. The van der Waals surface area contributed by atoms with Crippen LogP contribution in [0.4, 0.5) is 87.8 Å². The molecule has 0 aliphatic heterocycles. The molecule has 10 rings (SSSR count). The second-order valence-electron chi connectivity index (χ2n) is 16.8. The topological polar surface area (TPSA) is 3.88 Å². The Hall–Kier alpha value is -8.43. The summed E-state index contributed by atoms with van der Waals surface area (Å²) in [5, 5.41) is 6.38. The van der Waals surface area contributed by atoms with Crippen molar-refractivity contribution in [2.45, 2.75) is 6.54 Å². The number of aromatic nitrogens is 1. The minimum Gasteiger partial charge on any atom is -0.207 e. The molecule has 0 saturated carbocycles. The van der Waals surface area contributed by atoms with Crippen LogP contribution < -0.4 is 26.4 Å². The van der Waals surface area contributed by atoms with Crippen LogP contribution in [0.5, 0.6) is 0 Å². The first kappa shape index (κ1) is 52.4. The van der Waals surface area contributed by atoms with E-state index in [-0.39, 0.29) is 0 Å². The van der Waals surface area contributed by atoms with Crippen LogP contribution in [-0.4, -0.2) is 6.15 Å². The van der Waals surface area contributed by atoms with Gasteiger partial charge in [-0.25, -0.2) is 87.8 Å². The molecule has 0 unspecified atom stereocenters. The summed E-state index contributed by atoms with van der Waals surface area (Å²) < 4.78 is 296. The highest BCUT2D eigenvalue weighted by Crippen LogP contribution is 2.36. The van der Waals surface area contributed by atoms with E-state index in [1.165, 1.54) is 49.3 Å². The highest BCUT2D eigenvalue weighted by molar-refractivity contribution is 7.20. The van der Waals surface area contributed by atoms with E-state index < -0.39 is 144 Å². The predicted molar refractivity (Wildman–Crippen MR) is 239 cm³/mol. The smallest absolute Gasteiger partial charge is 0.207 e. The third-order valence-electron chi connectivity index (χ3n) is 12.9. The fourth-order valence-corrected chi connectivity index (χ4v) is 9.58. The van der Waals surface area contributed by atoms with Crippen molar-refractivity contribution in [3.8, 4) is 11.3 Å². The molecule has 0 amide bonds. The third-order valence-corrected chi connectivity index (χ3v) is 12.9. The van der Waals surface area contributed by atoms with Crippen molar-refractivity contribution >= 4 is 60.4 Å². The normalized spacial score (nSPS) is 11.7. The Morgan fingerprint density at radius 2 is 0.566 bits per heavy atom. The molecule has 0 N–H and O–H groups in total. The van der Waals surface area contributed by atoms with Crippen LogP contribution in [0.2, 0.25) is 0 Å². The molecular formula is C54H22BF20N. The molecule has 0 radical (unpaired) electrons. The third kappa shape index (κ3) is 7.94. The monoisotopic (exact) mass is 1080 g/mol. The Balaban J connectivity index is 0.000000197. The molecule has 10 aromatic rings. The molecule has 386 valence electrons. The highest BCUT2D eigenvalue weighted by atomic mass is 19.2. The average molecular weight is 1080 g/mol. The summed E-state index contributed by atoms with van der Waals surface area (Å²) in [6, 6.07) is 43.7. The maximum atomic E-state index is 15.4. The predicted octanol–water partition coefficient (Wildman–Crippen LogP) is 13.0. The first-order valence-electron chi connectivity index (χ1n) is 21.7. The lowest BCUT2D eigenvalue weighted by atomic mass is 9.12. The van der Waals surface area contributed by atoms with Crippen LogP contribution in [0, 0.1) is 116 Å². The molecule has 1 heterocycles. The Morgan fingerprint density at radius 3 is 0.921 bits per heavy atom. The van der Waals surface area contributed by atoms with Crippen LogP contribution in [-0.2, 0) is 6.54 Å². The fraction of sp³-hybridized carbons (Fsp3) is 0.0185.